The summed E-state index contributed by atoms with van der Waals surface area (Å²) in [5.41, 5.74) is 3.79. The molecule has 0 radical (unpaired) electrons. The van der Waals surface area contributed by atoms with Crippen LogP contribution in [0.2, 0.25) is 5.02 Å². The van der Waals surface area contributed by atoms with Gasteiger partial charge in [0.1, 0.15) is 0 Å². The Morgan fingerprint density at radius 1 is 1.29 bits per heavy atom. The second-order valence-corrected chi connectivity index (χ2v) is 6.50. The summed E-state index contributed by atoms with van der Waals surface area (Å²) in [4.78, 5) is 18.9. The van der Waals surface area contributed by atoms with Crippen molar-refractivity contribution in [1.29, 1.82) is 0 Å². The van der Waals surface area contributed by atoms with Crippen LogP contribution >= 0.6 is 11.6 Å². The van der Waals surface area contributed by atoms with Crippen molar-refractivity contribution in [3.8, 4) is 0 Å². The molecule has 0 aliphatic rings. The Kier molecular flexibility index (Phi) is 4.55. The third-order valence-electron chi connectivity index (χ3n) is 3.73. The normalized spacial score (nSPS) is 11.2. The van der Waals surface area contributed by atoms with Gasteiger partial charge < -0.3 is 10.2 Å². The summed E-state index contributed by atoms with van der Waals surface area (Å²) in [6.45, 7) is 2.85. The van der Waals surface area contributed by atoms with Gasteiger partial charge in [-0.05, 0) is 50.3 Å². The maximum Gasteiger partial charge on any atom is 0.292 e. The molecule has 3 rings (SSSR count). The molecular weight excluding hydrogens is 324 g/mol. The maximum atomic E-state index is 12.6. The fraction of sp³-hybridized carbons (Fsp3) is 0.222. The first-order valence-corrected chi connectivity index (χ1v) is 8.00. The lowest BCUT2D eigenvalue weighted by atomic mass is 10.1. The van der Waals surface area contributed by atoms with Crippen LogP contribution in [0.1, 0.15) is 21.7 Å². The minimum absolute atomic E-state index is 0.249. The summed E-state index contributed by atoms with van der Waals surface area (Å²) in [6.07, 6.45) is 3.38. The van der Waals surface area contributed by atoms with E-state index >= 15 is 0 Å². The Labute approximate surface area is 145 Å². The zero-order valence-corrected chi connectivity index (χ0v) is 14.6. The monoisotopic (exact) mass is 342 g/mol. The lowest BCUT2D eigenvalue weighted by molar-refractivity contribution is 0.101. The number of anilines is 1. The van der Waals surface area contributed by atoms with Crippen LogP contribution in [0.5, 0.6) is 0 Å². The molecule has 1 N–H and O–H groups in total. The smallest absolute Gasteiger partial charge is 0.292 e. The summed E-state index contributed by atoms with van der Waals surface area (Å²) in [7, 11) is 4.06. The molecule has 3 aromatic rings. The highest BCUT2D eigenvalue weighted by Crippen LogP contribution is 2.19. The van der Waals surface area contributed by atoms with Gasteiger partial charge in [0.25, 0.3) is 5.91 Å². The second-order valence-electron chi connectivity index (χ2n) is 6.06. The van der Waals surface area contributed by atoms with E-state index in [-0.39, 0.29) is 5.91 Å². The first kappa shape index (κ1) is 16.5. The predicted molar refractivity (Wildman–Crippen MR) is 96.7 cm³/mol. The number of halogens is 1. The molecule has 2 heterocycles. The Balaban J connectivity index is 1.83. The highest BCUT2D eigenvalue weighted by Gasteiger charge is 2.14. The molecule has 0 fully saturated rings. The van der Waals surface area contributed by atoms with E-state index in [4.69, 9.17) is 11.6 Å². The van der Waals surface area contributed by atoms with E-state index in [1.807, 2.05) is 33.2 Å². The van der Waals surface area contributed by atoms with Gasteiger partial charge in [0.15, 0.2) is 0 Å². The number of pyridine rings is 1. The van der Waals surface area contributed by atoms with Gasteiger partial charge in [0.05, 0.1) is 11.7 Å². The van der Waals surface area contributed by atoms with E-state index in [1.165, 1.54) is 5.56 Å². The van der Waals surface area contributed by atoms with Crippen molar-refractivity contribution >= 4 is 28.7 Å². The number of benzene rings is 1. The molecular formula is C18H19ClN4O. The molecule has 0 saturated heterocycles. The molecule has 0 atom stereocenters. The number of rotatable bonds is 4. The van der Waals surface area contributed by atoms with Gasteiger partial charge in [-0.1, -0.05) is 23.7 Å². The van der Waals surface area contributed by atoms with E-state index in [9.17, 15) is 4.79 Å². The van der Waals surface area contributed by atoms with Crippen molar-refractivity contribution < 1.29 is 4.79 Å². The first-order chi connectivity index (χ1) is 11.4. The van der Waals surface area contributed by atoms with Crippen molar-refractivity contribution in [3.63, 3.8) is 0 Å². The summed E-state index contributed by atoms with van der Waals surface area (Å²) in [6, 6.07) is 9.53. The van der Waals surface area contributed by atoms with E-state index in [1.54, 1.807) is 28.9 Å². The Morgan fingerprint density at radius 3 is 2.79 bits per heavy atom. The van der Waals surface area contributed by atoms with E-state index in [2.05, 4.69) is 21.3 Å². The van der Waals surface area contributed by atoms with Crippen molar-refractivity contribution in [2.24, 2.45) is 0 Å². The van der Waals surface area contributed by atoms with Gasteiger partial charge >= 0.3 is 0 Å². The van der Waals surface area contributed by atoms with E-state index in [0.29, 0.717) is 10.8 Å². The molecule has 124 valence electrons. The molecule has 0 aliphatic carbocycles. The maximum absolute atomic E-state index is 12.6. The average Bonchev–Trinajstić information content (AvgIpc) is 2.92. The SMILES string of the molecule is Cc1cc(CN(C)C)ccc1NC(=O)c1ncc2cc(Cl)ccn12. The first-order valence-electron chi connectivity index (χ1n) is 7.62. The Hall–Kier alpha value is -2.37. The number of amides is 1. The predicted octanol–water partition coefficient (Wildman–Crippen LogP) is 3.61. The van der Waals surface area contributed by atoms with Crippen LogP contribution in [0.25, 0.3) is 5.52 Å². The number of hydrogen-bond acceptors (Lipinski definition) is 3. The molecule has 2 aromatic heterocycles. The topological polar surface area (TPSA) is 49.6 Å². The highest BCUT2D eigenvalue weighted by atomic mass is 35.5. The van der Waals surface area contributed by atoms with Gasteiger partial charge in [-0.2, -0.15) is 0 Å². The summed E-state index contributed by atoms with van der Waals surface area (Å²) < 4.78 is 1.72. The lowest BCUT2D eigenvalue weighted by Gasteiger charge is -2.13. The average molecular weight is 343 g/mol. The fourth-order valence-corrected chi connectivity index (χ4v) is 2.82. The fourth-order valence-electron chi connectivity index (χ4n) is 2.65. The molecule has 0 spiro atoms. The van der Waals surface area contributed by atoms with Gasteiger partial charge in [-0.15, -0.1) is 0 Å². The van der Waals surface area contributed by atoms with Gasteiger partial charge in [-0.25, -0.2) is 4.98 Å². The van der Waals surface area contributed by atoms with Gasteiger partial charge in [0.2, 0.25) is 5.82 Å². The molecule has 0 saturated carbocycles. The number of nitrogens with zero attached hydrogens (tertiary/aromatic N) is 3. The Bertz CT molecular complexity index is 901. The number of aryl methyl sites for hydroxylation is 1. The minimum Gasteiger partial charge on any atom is -0.319 e. The molecule has 6 heteroatoms. The molecule has 1 amide bonds. The van der Waals surface area contributed by atoms with Crippen LogP contribution in [0, 0.1) is 6.92 Å². The van der Waals surface area contributed by atoms with Gasteiger partial charge in [-0.3, -0.25) is 9.20 Å². The third kappa shape index (κ3) is 3.42. The quantitative estimate of drug-likeness (QED) is 0.788. The lowest BCUT2D eigenvalue weighted by Crippen LogP contribution is -2.16. The number of carbonyl (C=O) groups excluding carboxylic acids is 1. The number of fused-ring (bicyclic) bond motifs is 1. The standard InChI is InChI=1S/C18H19ClN4O/c1-12-8-13(11-22(2)3)4-5-16(12)21-18(24)17-20-10-15-9-14(19)6-7-23(15)17/h4-10H,11H2,1-3H3,(H,21,24). The molecule has 24 heavy (non-hydrogen) atoms. The summed E-state index contributed by atoms with van der Waals surface area (Å²) >= 11 is 5.96. The second kappa shape index (κ2) is 6.63. The van der Waals surface area contributed by atoms with Crippen LogP contribution in [0.3, 0.4) is 0 Å². The zero-order chi connectivity index (χ0) is 17.3. The molecule has 0 aliphatic heterocycles. The van der Waals surface area contributed by atoms with Crippen LogP contribution in [-0.4, -0.2) is 34.3 Å². The van der Waals surface area contributed by atoms with Crippen LogP contribution in [0.15, 0.2) is 42.7 Å². The molecule has 1 aromatic carbocycles. The van der Waals surface area contributed by atoms with Crippen LogP contribution < -0.4 is 5.32 Å². The molecule has 0 bridgehead atoms. The molecule has 0 unspecified atom stereocenters. The zero-order valence-electron chi connectivity index (χ0n) is 13.9. The van der Waals surface area contributed by atoms with E-state index in [0.717, 1.165) is 23.3 Å². The third-order valence-corrected chi connectivity index (χ3v) is 3.97. The number of carbonyl (C=O) groups is 1. The highest BCUT2D eigenvalue weighted by molar-refractivity contribution is 6.30. The number of nitrogens with one attached hydrogen (secondary N) is 1. The number of imidazole rings is 1. The van der Waals surface area contributed by atoms with Crippen LogP contribution in [-0.2, 0) is 6.54 Å². The Morgan fingerprint density at radius 2 is 2.08 bits per heavy atom. The minimum atomic E-state index is -0.249. The van der Waals surface area contributed by atoms with Crippen molar-refractivity contribution in [1.82, 2.24) is 14.3 Å². The van der Waals surface area contributed by atoms with Crippen molar-refractivity contribution in [3.05, 3.63) is 64.7 Å². The van der Waals surface area contributed by atoms with Crippen molar-refractivity contribution in [2.75, 3.05) is 19.4 Å². The summed E-state index contributed by atoms with van der Waals surface area (Å²) in [5, 5.41) is 3.54. The van der Waals surface area contributed by atoms with Crippen LogP contribution in [0.4, 0.5) is 5.69 Å². The van der Waals surface area contributed by atoms with E-state index < -0.39 is 0 Å². The number of hydrogen-bond donors (Lipinski definition) is 1. The number of aromatic nitrogens is 2. The van der Waals surface area contributed by atoms with Gasteiger partial charge in [0, 0.05) is 23.5 Å². The molecule has 5 nitrogen and oxygen atoms in total. The largest absolute Gasteiger partial charge is 0.319 e. The summed E-state index contributed by atoms with van der Waals surface area (Å²) in [5.74, 6) is 0.0826. The van der Waals surface area contributed by atoms with Crippen molar-refractivity contribution in [2.45, 2.75) is 13.5 Å².